The highest BCUT2D eigenvalue weighted by atomic mass is 32.2. The van der Waals surface area contributed by atoms with Crippen molar-refractivity contribution in [3.63, 3.8) is 0 Å². The summed E-state index contributed by atoms with van der Waals surface area (Å²) in [7, 11) is 0. The number of allylic oxidation sites excluding steroid dienone is 1. The predicted octanol–water partition coefficient (Wildman–Crippen LogP) is 4.20. The normalized spacial score (nSPS) is 14.6. The molecule has 3 rings (SSSR count). The van der Waals surface area contributed by atoms with Gasteiger partial charge in [0.2, 0.25) is 5.91 Å². The molecule has 1 aliphatic rings. The van der Waals surface area contributed by atoms with Crippen molar-refractivity contribution >= 4 is 17.7 Å². The minimum absolute atomic E-state index is 0.0587. The molecule has 0 saturated heterocycles. The fraction of sp³-hybridized carbons (Fsp3) is 0.500. The Labute approximate surface area is 177 Å². The third kappa shape index (κ3) is 5.85. The molecule has 6 nitrogen and oxygen atoms in total. The van der Waals surface area contributed by atoms with E-state index in [-0.39, 0.29) is 5.91 Å². The molecule has 0 spiro atoms. The highest BCUT2D eigenvalue weighted by Crippen LogP contribution is 2.24. The van der Waals surface area contributed by atoms with Gasteiger partial charge in [-0.15, -0.1) is 16.8 Å². The van der Waals surface area contributed by atoms with E-state index >= 15 is 0 Å². The zero-order chi connectivity index (χ0) is 20.6. The van der Waals surface area contributed by atoms with Crippen LogP contribution in [-0.4, -0.2) is 32.5 Å². The summed E-state index contributed by atoms with van der Waals surface area (Å²) in [6, 6.07) is 6.40. The lowest BCUT2D eigenvalue weighted by atomic mass is 9.95. The van der Waals surface area contributed by atoms with Crippen LogP contribution in [0.4, 0.5) is 0 Å². The van der Waals surface area contributed by atoms with Gasteiger partial charge >= 0.3 is 0 Å². The number of amides is 1. The number of ether oxygens (including phenoxy) is 1. The Morgan fingerprint density at radius 2 is 2.00 bits per heavy atom. The van der Waals surface area contributed by atoms with Crippen LogP contribution in [0.15, 0.2) is 36.0 Å². The molecule has 1 saturated carbocycles. The number of carbonyl (C=O) groups is 1. The second-order valence-electron chi connectivity index (χ2n) is 7.50. The Morgan fingerprint density at radius 3 is 2.69 bits per heavy atom. The SMILES string of the molecule is C=CCn1c(COc2c(C)cccc2C)nnc1SCC(=O)NC1CCCCC1. The number of benzene rings is 1. The Bertz CT molecular complexity index is 823. The van der Waals surface area contributed by atoms with Crippen molar-refractivity contribution in [1.29, 1.82) is 0 Å². The lowest BCUT2D eigenvalue weighted by Gasteiger charge is -2.22. The molecule has 1 aromatic heterocycles. The van der Waals surface area contributed by atoms with Gasteiger partial charge in [-0.05, 0) is 37.8 Å². The number of carbonyl (C=O) groups excluding carboxylic acids is 1. The van der Waals surface area contributed by atoms with Gasteiger partial charge < -0.3 is 10.1 Å². The minimum Gasteiger partial charge on any atom is -0.485 e. The van der Waals surface area contributed by atoms with Gasteiger partial charge in [-0.1, -0.05) is 55.3 Å². The van der Waals surface area contributed by atoms with Crippen molar-refractivity contribution in [3.8, 4) is 5.75 Å². The molecule has 0 atom stereocenters. The summed E-state index contributed by atoms with van der Waals surface area (Å²) in [5, 5.41) is 12.4. The van der Waals surface area contributed by atoms with Gasteiger partial charge in [0.15, 0.2) is 11.0 Å². The van der Waals surface area contributed by atoms with Gasteiger partial charge in [-0.2, -0.15) is 0 Å². The maximum Gasteiger partial charge on any atom is 0.230 e. The lowest BCUT2D eigenvalue weighted by molar-refractivity contribution is -0.119. The number of nitrogens with one attached hydrogen (secondary N) is 1. The van der Waals surface area contributed by atoms with Crippen LogP contribution < -0.4 is 10.1 Å². The highest BCUT2D eigenvalue weighted by Gasteiger charge is 2.18. The number of aryl methyl sites for hydroxylation is 2. The highest BCUT2D eigenvalue weighted by molar-refractivity contribution is 7.99. The van der Waals surface area contributed by atoms with Crippen LogP contribution in [0.1, 0.15) is 49.1 Å². The molecule has 0 bridgehead atoms. The van der Waals surface area contributed by atoms with Crippen LogP contribution in [0, 0.1) is 13.8 Å². The molecule has 156 valence electrons. The van der Waals surface area contributed by atoms with Crippen LogP contribution in [0.25, 0.3) is 0 Å². The van der Waals surface area contributed by atoms with E-state index in [1.807, 2.05) is 36.6 Å². The van der Waals surface area contributed by atoms with Crippen molar-refractivity contribution in [2.75, 3.05) is 5.75 Å². The first-order chi connectivity index (χ1) is 14.1. The van der Waals surface area contributed by atoms with Crippen molar-refractivity contribution in [3.05, 3.63) is 47.8 Å². The molecule has 1 heterocycles. The largest absolute Gasteiger partial charge is 0.485 e. The van der Waals surface area contributed by atoms with Gasteiger partial charge in [0.25, 0.3) is 0 Å². The fourth-order valence-corrected chi connectivity index (χ4v) is 4.43. The van der Waals surface area contributed by atoms with Gasteiger partial charge in [0.05, 0.1) is 5.75 Å². The minimum atomic E-state index is 0.0587. The topological polar surface area (TPSA) is 69.0 Å². The molecular formula is C22H30N4O2S. The van der Waals surface area contributed by atoms with Gasteiger partial charge in [-0.3, -0.25) is 9.36 Å². The summed E-state index contributed by atoms with van der Waals surface area (Å²) < 4.78 is 7.99. The number of para-hydroxylation sites is 1. The first-order valence-corrected chi connectivity index (χ1v) is 11.2. The summed E-state index contributed by atoms with van der Waals surface area (Å²) in [6.45, 7) is 8.79. The van der Waals surface area contributed by atoms with E-state index in [4.69, 9.17) is 4.74 Å². The predicted molar refractivity (Wildman–Crippen MR) is 116 cm³/mol. The van der Waals surface area contributed by atoms with Gasteiger partial charge in [-0.25, -0.2) is 0 Å². The Balaban J connectivity index is 1.60. The average molecular weight is 415 g/mol. The standard InChI is InChI=1S/C22H30N4O2S/c1-4-13-26-19(14-28-21-16(2)9-8-10-17(21)3)24-25-22(26)29-15-20(27)23-18-11-6-5-7-12-18/h4,8-10,18H,1,5-7,11-15H2,2-3H3,(H,23,27). The number of hydrogen-bond acceptors (Lipinski definition) is 5. The molecule has 2 aromatic rings. The second-order valence-corrected chi connectivity index (χ2v) is 8.44. The number of nitrogens with zero attached hydrogens (tertiary/aromatic N) is 3. The zero-order valence-corrected chi connectivity index (χ0v) is 18.1. The Morgan fingerprint density at radius 1 is 1.28 bits per heavy atom. The molecule has 29 heavy (non-hydrogen) atoms. The Hall–Kier alpha value is -2.28. The van der Waals surface area contributed by atoms with Gasteiger partial charge in [0, 0.05) is 12.6 Å². The Kier molecular flexibility index (Phi) is 7.75. The molecule has 1 aromatic carbocycles. The molecule has 0 unspecified atom stereocenters. The third-order valence-electron chi connectivity index (χ3n) is 5.16. The smallest absolute Gasteiger partial charge is 0.230 e. The van der Waals surface area contributed by atoms with Gasteiger partial charge in [0.1, 0.15) is 12.4 Å². The van der Waals surface area contributed by atoms with Crippen LogP contribution >= 0.6 is 11.8 Å². The summed E-state index contributed by atoms with van der Waals surface area (Å²) >= 11 is 1.41. The van der Waals surface area contributed by atoms with E-state index in [2.05, 4.69) is 22.1 Å². The van der Waals surface area contributed by atoms with Crippen LogP contribution in [0.2, 0.25) is 0 Å². The zero-order valence-electron chi connectivity index (χ0n) is 17.3. The molecular weight excluding hydrogens is 384 g/mol. The average Bonchev–Trinajstić information content (AvgIpc) is 3.09. The molecule has 7 heteroatoms. The third-order valence-corrected chi connectivity index (χ3v) is 6.13. The second kappa shape index (κ2) is 10.5. The van der Waals surface area contributed by atoms with Crippen molar-refractivity contribution in [2.24, 2.45) is 0 Å². The monoisotopic (exact) mass is 414 g/mol. The van der Waals surface area contributed by atoms with E-state index in [0.29, 0.717) is 30.1 Å². The molecule has 0 aliphatic heterocycles. The van der Waals surface area contributed by atoms with E-state index in [9.17, 15) is 4.79 Å². The van der Waals surface area contributed by atoms with E-state index in [1.165, 1.54) is 31.0 Å². The van der Waals surface area contributed by atoms with Crippen molar-refractivity contribution in [2.45, 2.75) is 70.3 Å². The van der Waals surface area contributed by atoms with Crippen LogP contribution in [0.3, 0.4) is 0 Å². The van der Waals surface area contributed by atoms with Crippen LogP contribution in [-0.2, 0) is 17.9 Å². The first-order valence-electron chi connectivity index (χ1n) is 10.2. The maximum atomic E-state index is 12.3. The number of rotatable bonds is 9. The lowest BCUT2D eigenvalue weighted by Crippen LogP contribution is -2.37. The summed E-state index contributed by atoms with van der Waals surface area (Å²) in [5.41, 5.74) is 2.18. The molecule has 1 aliphatic carbocycles. The quantitative estimate of drug-likeness (QED) is 0.492. The molecule has 1 amide bonds. The van der Waals surface area contributed by atoms with Crippen LogP contribution in [0.5, 0.6) is 5.75 Å². The maximum absolute atomic E-state index is 12.3. The van der Waals surface area contributed by atoms with E-state index in [0.717, 1.165) is 35.5 Å². The van der Waals surface area contributed by atoms with Crippen molar-refractivity contribution in [1.82, 2.24) is 20.1 Å². The van der Waals surface area contributed by atoms with E-state index < -0.39 is 0 Å². The molecule has 1 N–H and O–H groups in total. The van der Waals surface area contributed by atoms with E-state index in [1.54, 1.807) is 6.08 Å². The fourth-order valence-electron chi connectivity index (χ4n) is 3.65. The number of thioether (sulfide) groups is 1. The number of hydrogen-bond donors (Lipinski definition) is 1. The van der Waals surface area contributed by atoms with Crippen molar-refractivity contribution < 1.29 is 9.53 Å². The summed E-state index contributed by atoms with van der Waals surface area (Å²) in [6.07, 6.45) is 7.66. The summed E-state index contributed by atoms with van der Waals surface area (Å²) in [4.78, 5) is 12.3. The molecule has 1 fully saturated rings. The number of aromatic nitrogens is 3. The first kappa shape index (κ1) is 21.4. The summed E-state index contributed by atoms with van der Waals surface area (Å²) in [5.74, 6) is 2.00. The molecule has 0 radical (unpaired) electrons.